The summed E-state index contributed by atoms with van der Waals surface area (Å²) in [4.78, 5) is 32.1. The third kappa shape index (κ3) is 26.7. The Morgan fingerprint density at radius 1 is 0.923 bits per heavy atom. The average molecular weight is 373 g/mol. The van der Waals surface area contributed by atoms with E-state index >= 15 is 0 Å². The summed E-state index contributed by atoms with van der Waals surface area (Å²) in [6, 6.07) is 0. The highest BCUT2D eigenvalue weighted by molar-refractivity contribution is 5.81. The van der Waals surface area contributed by atoms with Crippen LogP contribution < -0.4 is 5.73 Å². The predicted octanol–water partition coefficient (Wildman–Crippen LogP) is 2.93. The van der Waals surface area contributed by atoms with E-state index in [9.17, 15) is 14.4 Å². The van der Waals surface area contributed by atoms with Gasteiger partial charge in [-0.3, -0.25) is 4.79 Å². The fraction of sp³-hybridized carbons (Fsp3) is 0.632. The minimum Gasteiger partial charge on any atom is -0.463 e. The molecule has 0 saturated heterocycles. The first-order valence-corrected chi connectivity index (χ1v) is 8.66. The second-order valence-electron chi connectivity index (χ2n) is 5.58. The van der Waals surface area contributed by atoms with E-state index in [2.05, 4.69) is 17.9 Å². The maximum Gasteiger partial charge on any atom is 0.330 e. The molecule has 0 aromatic carbocycles. The summed E-state index contributed by atoms with van der Waals surface area (Å²) in [6.45, 7) is 16.9. The van der Waals surface area contributed by atoms with Gasteiger partial charge in [0, 0.05) is 25.1 Å². The van der Waals surface area contributed by atoms with Crippen LogP contribution >= 0.6 is 0 Å². The zero-order valence-corrected chi connectivity index (χ0v) is 16.8. The van der Waals surface area contributed by atoms with Gasteiger partial charge in [0.05, 0.1) is 6.61 Å². The van der Waals surface area contributed by atoms with E-state index in [-0.39, 0.29) is 12.6 Å². The van der Waals surface area contributed by atoms with Crippen LogP contribution in [0.2, 0.25) is 0 Å². The van der Waals surface area contributed by atoms with Gasteiger partial charge in [-0.05, 0) is 33.6 Å². The molecule has 0 amide bonds. The number of carbonyl (C=O) groups excluding carboxylic acids is 3. The van der Waals surface area contributed by atoms with Crippen molar-refractivity contribution >= 4 is 17.9 Å². The molecule has 7 nitrogen and oxygen atoms in total. The van der Waals surface area contributed by atoms with Crippen molar-refractivity contribution in [2.24, 2.45) is 5.73 Å². The van der Waals surface area contributed by atoms with Crippen LogP contribution in [0.5, 0.6) is 0 Å². The summed E-state index contributed by atoms with van der Waals surface area (Å²) in [7, 11) is 0. The number of esters is 3. The van der Waals surface area contributed by atoms with Gasteiger partial charge in [-0.1, -0.05) is 27.0 Å². The van der Waals surface area contributed by atoms with Crippen molar-refractivity contribution < 1.29 is 28.6 Å². The van der Waals surface area contributed by atoms with Crippen LogP contribution in [0.3, 0.4) is 0 Å². The highest BCUT2D eigenvalue weighted by Crippen LogP contribution is 2.09. The number of carbonyl (C=O) groups is 3. The van der Waals surface area contributed by atoms with Crippen molar-refractivity contribution in [3.05, 3.63) is 25.3 Å². The zero-order chi connectivity index (χ0) is 21.0. The topological polar surface area (TPSA) is 105 Å². The maximum absolute atomic E-state index is 11.3. The normalized spacial score (nSPS) is 9.31. The second-order valence-corrected chi connectivity index (χ2v) is 5.58. The number of nitrogens with two attached hydrogens (primary N) is 1. The van der Waals surface area contributed by atoms with Crippen LogP contribution in [-0.2, 0) is 28.6 Å². The molecule has 0 heterocycles. The molecule has 0 rings (SSSR count). The maximum atomic E-state index is 11.3. The van der Waals surface area contributed by atoms with Gasteiger partial charge in [0.15, 0.2) is 0 Å². The van der Waals surface area contributed by atoms with Crippen molar-refractivity contribution in [1.29, 1.82) is 0 Å². The summed E-state index contributed by atoms with van der Waals surface area (Å²) in [6.07, 6.45) is 3.88. The molecule has 0 atom stereocenters. The van der Waals surface area contributed by atoms with Gasteiger partial charge in [0.25, 0.3) is 0 Å². The third-order valence-corrected chi connectivity index (χ3v) is 2.14. The molecule has 152 valence electrons. The monoisotopic (exact) mass is 373 g/mol. The lowest BCUT2D eigenvalue weighted by Gasteiger charge is -2.19. The number of unbranched alkanes of at least 4 members (excludes halogenated alkanes) is 1. The Balaban J connectivity index is -0.000000444. The number of hydrogen-bond donors (Lipinski definition) is 1. The Hall–Kier alpha value is -2.15. The van der Waals surface area contributed by atoms with Gasteiger partial charge in [-0.25, -0.2) is 9.59 Å². The summed E-state index contributed by atoms with van der Waals surface area (Å²) in [5, 5.41) is 0. The smallest absolute Gasteiger partial charge is 0.330 e. The predicted molar refractivity (Wildman–Crippen MR) is 102 cm³/mol. The molecule has 0 saturated carbocycles. The lowest BCUT2D eigenvalue weighted by atomic mass is 10.2. The number of hydrogen-bond acceptors (Lipinski definition) is 7. The first-order valence-electron chi connectivity index (χ1n) is 8.66. The van der Waals surface area contributed by atoms with Crippen molar-refractivity contribution in [2.45, 2.75) is 59.5 Å². The Morgan fingerprint density at radius 3 is 1.77 bits per heavy atom. The van der Waals surface area contributed by atoms with Crippen LogP contribution in [0.15, 0.2) is 25.3 Å². The summed E-state index contributed by atoms with van der Waals surface area (Å²) < 4.78 is 14.3. The zero-order valence-electron chi connectivity index (χ0n) is 16.8. The Morgan fingerprint density at radius 2 is 1.38 bits per heavy atom. The largest absolute Gasteiger partial charge is 0.463 e. The van der Waals surface area contributed by atoms with Crippen LogP contribution in [-0.4, -0.2) is 43.3 Å². The summed E-state index contributed by atoms with van der Waals surface area (Å²) in [5.41, 5.74) is 4.58. The average Bonchev–Trinajstić information content (AvgIpc) is 2.59. The van der Waals surface area contributed by atoms with E-state index in [4.69, 9.17) is 15.2 Å². The third-order valence-electron chi connectivity index (χ3n) is 2.14. The van der Waals surface area contributed by atoms with Crippen molar-refractivity contribution in [1.82, 2.24) is 0 Å². The fourth-order valence-corrected chi connectivity index (χ4v) is 1.21. The van der Waals surface area contributed by atoms with Gasteiger partial charge in [-0.15, -0.1) is 0 Å². The minimum absolute atomic E-state index is 0.220. The van der Waals surface area contributed by atoms with Crippen LogP contribution in [0.25, 0.3) is 0 Å². The Bertz CT molecular complexity index is 413. The van der Waals surface area contributed by atoms with Gasteiger partial charge in [0.2, 0.25) is 0 Å². The molecule has 0 aliphatic carbocycles. The first-order chi connectivity index (χ1) is 12.2. The van der Waals surface area contributed by atoms with E-state index in [0.29, 0.717) is 32.4 Å². The molecule has 0 fully saturated rings. The summed E-state index contributed by atoms with van der Waals surface area (Å²) in [5.74, 6) is -1.07. The van der Waals surface area contributed by atoms with Crippen LogP contribution in [0.4, 0.5) is 0 Å². The fourth-order valence-electron chi connectivity index (χ4n) is 1.21. The van der Waals surface area contributed by atoms with Crippen LogP contribution in [0.1, 0.15) is 53.9 Å². The van der Waals surface area contributed by atoms with Gasteiger partial charge < -0.3 is 19.9 Å². The second kappa shape index (κ2) is 19.2. The molecule has 0 unspecified atom stereocenters. The van der Waals surface area contributed by atoms with E-state index in [1.807, 2.05) is 34.6 Å². The molecule has 0 radical (unpaired) electrons. The quantitative estimate of drug-likeness (QED) is 0.287. The molecule has 0 aromatic heterocycles. The van der Waals surface area contributed by atoms with E-state index in [1.54, 1.807) is 0 Å². The van der Waals surface area contributed by atoms with Gasteiger partial charge >= 0.3 is 17.9 Å². The van der Waals surface area contributed by atoms with Crippen molar-refractivity contribution in [2.75, 3.05) is 19.8 Å². The highest BCUT2D eigenvalue weighted by Gasteiger charge is 2.15. The molecule has 26 heavy (non-hydrogen) atoms. The molecule has 0 aliphatic heterocycles. The molecule has 7 heteroatoms. The minimum atomic E-state index is -0.438. The Labute approximate surface area is 157 Å². The van der Waals surface area contributed by atoms with Gasteiger partial charge in [-0.2, -0.15) is 0 Å². The molecule has 2 N–H and O–H groups in total. The SMILES string of the molecule is C=CC(=O)OCCCCC(=O)OC(C)(C)C.C=CC(=O)OCCN.CC. The van der Waals surface area contributed by atoms with E-state index in [0.717, 1.165) is 12.2 Å². The Kier molecular flexibility index (Phi) is 21.1. The summed E-state index contributed by atoms with van der Waals surface area (Å²) >= 11 is 0. The first kappa shape index (κ1) is 28.6. The van der Waals surface area contributed by atoms with Gasteiger partial charge in [0.1, 0.15) is 12.2 Å². The van der Waals surface area contributed by atoms with Crippen molar-refractivity contribution in [3.8, 4) is 0 Å². The lowest BCUT2D eigenvalue weighted by molar-refractivity contribution is -0.155. The molecule has 0 aromatic rings. The molecular formula is C19H35NO6. The lowest BCUT2D eigenvalue weighted by Crippen LogP contribution is -2.23. The molecule has 0 bridgehead atoms. The van der Waals surface area contributed by atoms with Crippen LogP contribution in [0, 0.1) is 0 Å². The molecule has 0 spiro atoms. The number of rotatable bonds is 9. The van der Waals surface area contributed by atoms with Crippen molar-refractivity contribution in [3.63, 3.8) is 0 Å². The van der Waals surface area contributed by atoms with E-state index in [1.165, 1.54) is 0 Å². The standard InChI is InChI=1S/C12H20O4.C5H9NO2.C2H6/c1-5-10(13)15-9-7-6-8-11(14)16-12(2,3)4;1-2-5(7)8-4-3-6;1-2/h5H,1,6-9H2,2-4H3;2H,1,3-4,6H2;1-2H3. The molecular weight excluding hydrogens is 338 g/mol. The highest BCUT2D eigenvalue weighted by atomic mass is 16.6. The van der Waals surface area contributed by atoms with E-state index < -0.39 is 17.5 Å². The molecule has 0 aliphatic rings. The number of ether oxygens (including phenoxy) is 3.